The molecule has 7 nitrogen and oxygen atoms in total. The molecule has 2 heterocycles. The van der Waals surface area contributed by atoms with Crippen LogP contribution in [-0.2, 0) is 7.05 Å². The number of halogens is 1. The van der Waals surface area contributed by atoms with E-state index >= 15 is 0 Å². The molecular weight excluding hydrogens is 399 g/mol. The minimum absolute atomic E-state index is 0.0197. The number of nitrogens with zero attached hydrogens (tertiary/aromatic N) is 3. The number of ether oxygens (including phenoxy) is 1. The van der Waals surface area contributed by atoms with Crippen LogP contribution in [0.4, 0.5) is 15.8 Å². The lowest BCUT2D eigenvalue weighted by Crippen LogP contribution is -2.35. The zero-order valence-electron chi connectivity index (χ0n) is 17.2. The van der Waals surface area contributed by atoms with Gasteiger partial charge in [-0.15, -0.1) is 0 Å². The maximum atomic E-state index is 13.2. The quantitative estimate of drug-likeness (QED) is 0.671. The fraction of sp³-hybridized carbons (Fsp3) is 0.261. The Kier molecular flexibility index (Phi) is 5.97. The Morgan fingerprint density at radius 2 is 1.84 bits per heavy atom. The standard InChI is InChI=1S/C23H23FN4O3/c1-27-23(30)21(20(15-25-27)31-19-10-8-17(24)9-11-19)26-18-7-5-6-16(14-18)22(29)28-12-3-2-4-13-28/h5-11,14-15,26H,2-4,12-13H2,1H3. The van der Waals surface area contributed by atoms with Crippen molar-refractivity contribution in [1.82, 2.24) is 14.7 Å². The second-order valence-corrected chi connectivity index (χ2v) is 7.43. The van der Waals surface area contributed by atoms with E-state index in [0.29, 0.717) is 17.0 Å². The normalized spacial score (nSPS) is 13.7. The van der Waals surface area contributed by atoms with Gasteiger partial charge in [0.05, 0.1) is 6.20 Å². The van der Waals surface area contributed by atoms with Crippen molar-refractivity contribution in [2.45, 2.75) is 19.3 Å². The third-order valence-corrected chi connectivity index (χ3v) is 5.17. The molecule has 1 aliphatic heterocycles. The molecule has 1 aromatic heterocycles. The van der Waals surface area contributed by atoms with E-state index in [9.17, 15) is 14.0 Å². The minimum atomic E-state index is -0.396. The van der Waals surface area contributed by atoms with E-state index in [1.54, 1.807) is 24.3 Å². The summed E-state index contributed by atoms with van der Waals surface area (Å²) >= 11 is 0. The average molecular weight is 422 g/mol. The number of carbonyl (C=O) groups excluding carboxylic acids is 1. The van der Waals surface area contributed by atoms with Crippen LogP contribution >= 0.6 is 0 Å². The van der Waals surface area contributed by atoms with Crippen LogP contribution in [0.1, 0.15) is 29.6 Å². The first-order valence-electron chi connectivity index (χ1n) is 10.2. The molecule has 160 valence electrons. The highest BCUT2D eigenvalue weighted by Crippen LogP contribution is 2.29. The smallest absolute Gasteiger partial charge is 0.294 e. The summed E-state index contributed by atoms with van der Waals surface area (Å²) in [7, 11) is 1.53. The van der Waals surface area contributed by atoms with Crippen molar-refractivity contribution in [3.8, 4) is 11.5 Å². The third-order valence-electron chi connectivity index (χ3n) is 5.17. The Morgan fingerprint density at radius 3 is 2.58 bits per heavy atom. The van der Waals surface area contributed by atoms with E-state index in [1.165, 1.54) is 42.2 Å². The van der Waals surface area contributed by atoms with Crippen molar-refractivity contribution in [2.75, 3.05) is 18.4 Å². The first-order chi connectivity index (χ1) is 15.0. The van der Waals surface area contributed by atoms with Crippen LogP contribution in [0.2, 0.25) is 0 Å². The number of anilines is 2. The second-order valence-electron chi connectivity index (χ2n) is 7.43. The number of piperidine rings is 1. The van der Waals surface area contributed by atoms with Crippen molar-refractivity contribution >= 4 is 17.3 Å². The molecule has 0 saturated carbocycles. The van der Waals surface area contributed by atoms with E-state index in [4.69, 9.17) is 4.74 Å². The van der Waals surface area contributed by atoms with Gasteiger partial charge in [-0.2, -0.15) is 5.10 Å². The van der Waals surface area contributed by atoms with E-state index in [-0.39, 0.29) is 23.2 Å². The highest BCUT2D eigenvalue weighted by atomic mass is 19.1. The van der Waals surface area contributed by atoms with Gasteiger partial charge < -0.3 is 15.0 Å². The molecule has 1 aliphatic rings. The molecule has 1 amide bonds. The summed E-state index contributed by atoms with van der Waals surface area (Å²) in [6.07, 6.45) is 4.59. The molecule has 1 saturated heterocycles. The Morgan fingerprint density at radius 1 is 1.10 bits per heavy atom. The van der Waals surface area contributed by atoms with Gasteiger partial charge in [-0.3, -0.25) is 9.59 Å². The van der Waals surface area contributed by atoms with Gasteiger partial charge >= 0.3 is 0 Å². The van der Waals surface area contributed by atoms with E-state index in [0.717, 1.165) is 32.4 Å². The first kappa shape index (κ1) is 20.6. The molecule has 1 N–H and O–H groups in total. The molecule has 0 aliphatic carbocycles. The van der Waals surface area contributed by atoms with Gasteiger partial charge in [-0.1, -0.05) is 6.07 Å². The molecule has 2 aromatic carbocycles. The molecular formula is C23H23FN4O3. The van der Waals surface area contributed by atoms with E-state index in [1.807, 2.05) is 4.90 Å². The number of aromatic nitrogens is 2. The van der Waals surface area contributed by atoms with Gasteiger partial charge in [-0.25, -0.2) is 9.07 Å². The number of rotatable bonds is 5. The highest BCUT2D eigenvalue weighted by Gasteiger charge is 2.19. The van der Waals surface area contributed by atoms with Crippen molar-refractivity contribution < 1.29 is 13.9 Å². The van der Waals surface area contributed by atoms with Crippen LogP contribution in [0, 0.1) is 5.82 Å². The largest absolute Gasteiger partial charge is 0.453 e. The maximum Gasteiger partial charge on any atom is 0.294 e. The van der Waals surface area contributed by atoms with Gasteiger partial charge in [-0.05, 0) is 61.7 Å². The molecule has 4 rings (SSSR count). The molecule has 31 heavy (non-hydrogen) atoms. The Bertz CT molecular complexity index is 1140. The number of hydrogen-bond acceptors (Lipinski definition) is 5. The third kappa shape index (κ3) is 4.74. The molecule has 3 aromatic rings. The highest BCUT2D eigenvalue weighted by molar-refractivity contribution is 5.95. The predicted molar refractivity (Wildman–Crippen MR) is 115 cm³/mol. The van der Waals surface area contributed by atoms with Crippen LogP contribution in [0.25, 0.3) is 0 Å². The summed E-state index contributed by atoms with van der Waals surface area (Å²) in [5.41, 5.74) is 0.908. The van der Waals surface area contributed by atoms with Gasteiger partial charge in [0.25, 0.3) is 11.5 Å². The van der Waals surface area contributed by atoms with Crippen molar-refractivity contribution in [3.63, 3.8) is 0 Å². The molecule has 1 fully saturated rings. The molecule has 0 radical (unpaired) electrons. The van der Waals surface area contributed by atoms with Crippen LogP contribution < -0.4 is 15.6 Å². The number of likely N-dealkylation sites (tertiary alicyclic amines) is 1. The summed E-state index contributed by atoms with van der Waals surface area (Å²) < 4.78 is 20.1. The summed E-state index contributed by atoms with van der Waals surface area (Å²) in [5.74, 6) is 0.160. The van der Waals surface area contributed by atoms with Gasteiger partial charge in [0.15, 0.2) is 11.4 Å². The number of aryl methyl sites for hydroxylation is 1. The Labute approximate surface area is 179 Å². The minimum Gasteiger partial charge on any atom is -0.453 e. The van der Waals surface area contributed by atoms with Crippen LogP contribution in [0.3, 0.4) is 0 Å². The number of amides is 1. The first-order valence-corrected chi connectivity index (χ1v) is 10.2. The molecule has 8 heteroatoms. The zero-order chi connectivity index (χ0) is 21.8. The summed E-state index contributed by atoms with van der Waals surface area (Å²) in [6.45, 7) is 1.52. The molecule has 0 unspecified atom stereocenters. The SMILES string of the molecule is Cn1ncc(Oc2ccc(F)cc2)c(Nc2cccc(C(=O)N3CCCCC3)c2)c1=O. The van der Waals surface area contributed by atoms with Crippen molar-refractivity contribution in [2.24, 2.45) is 7.05 Å². The fourth-order valence-electron chi connectivity index (χ4n) is 3.50. The Hall–Kier alpha value is -3.68. The number of hydrogen-bond donors (Lipinski definition) is 1. The average Bonchev–Trinajstić information content (AvgIpc) is 2.80. The lowest BCUT2D eigenvalue weighted by Gasteiger charge is -2.26. The molecule has 0 spiro atoms. The van der Waals surface area contributed by atoms with Crippen LogP contribution in [0.5, 0.6) is 11.5 Å². The second kappa shape index (κ2) is 8.99. The van der Waals surface area contributed by atoms with E-state index in [2.05, 4.69) is 10.4 Å². The lowest BCUT2D eigenvalue weighted by atomic mass is 10.1. The topological polar surface area (TPSA) is 76.5 Å². The summed E-state index contributed by atoms with van der Waals surface area (Å²) in [4.78, 5) is 27.4. The van der Waals surface area contributed by atoms with Crippen molar-refractivity contribution in [3.05, 3.63) is 76.5 Å². The number of carbonyl (C=O) groups is 1. The van der Waals surface area contributed by atoms with Crippen molar-refractivity contribution in [1.29, 1.82) is 0 Å². The van der Waals surface area contributed by atoms with Gasteiger partial charge in [0, 0.05) is 31.4 Å². The number of benzene rings is 2. The number of nitrogens with one attached hydrogen (secondary N) is 1. The van der Waals surface area contributed by atoms with E-state index < -0.39 is 5.56 Å². The van der Waals surface area contributed by atoms with Gasteiger partial charge in [0.2, 0.25) is 0 Å². The predicted octanol–water partition coefficient (Wildman–Crippen LogP) is 4.08. The summed E-state index contributed by atoms with van der Waals surface area (Å²) in [6, 6.07) is 12.5. The zero-order valence-corrected chi connectivity index (χ0v) is 17.2. The monoisotopic (exact) mass is 422 g/mol. The molecule has 0 bridgehead atoms. The Balaban J connectivity index is 1.61. The van der Waals surface area contributed by atoms with Crippen LogP contribution in [-0.4, -0.2) is 33.7 Å². The van der Waals surface area contributed by atoms with Crippen LogP contribution in [0.15, 0.2) is 59.5 Å². The lowest BCUT2D eigenvalue weighted by molar-refractivity contribution is 0.0724. The summed E-state index contributed by atoms with van der Waals surface area (Å²) in [5, 5.41) is 7.07. The van der Waals surface area contributed by atoms with Gasteiger partial charge in [0.1, 0.15) is 11.6 Å². The molecule has 0 atom stereocenters. The fourth-order valence-corrected chi connectivity index (χ4v) is 3.50. The maximum absolute atomic E-state index is 13.2.